The van der Waals surface area contributed by atoms with E-state index in [9.17, 15) is 19.4 Å². The highest BCUT2D eigenvalue weighted by Gasteiger charge is 2.23. The van der Waals surface area contributed by atoms with Gasteiger partial charge in [0.05, 0.1) is 39.9 Å². The highest BCUT2D eigenvalue weighted by atomic mass is 31.2. The summed E-state index contributed by atoms with van der Waals surface area (Å²) in [6.07, 6.45) is 90.8. The first-order valence-corrected chi connectivity index (χ1v) is 38.1. The molecule has 0 bridgehead atoms. The standard InChI is InChI=1S/C75H143N2O6P/c1-6-8-10-12-14-16-18-20-22-24-26-28-30-32-33-34-35-36-37-38-39-40-41-42-43-45-47-49-51-53-55-57-59-61-63-65-67-69-75(79)76-73(72-83-84(80,81)82-71-70-77(3,4)5)74(78)68-66-64-62-60-58-56-54-52-50-48-46-44-31-29-27-25-23-21-19-17-15-13-11-9-7-2/h18,20,24,26,50,52,58,60,66,68,73-74,78H,6-17,19,21-23,25,27-49,51,53-57,59,61-65,67,69-72H2,1-5H3,(H-,76,79,80,81)/b20-18-,26-24-,52-50+,60-58+,68-66+. The van der Waals surface area contributed by atoms with Gasteiger partial charge in [-0.1, -0.05) is 338 Å². The Balaban J connectivity index is 4.02. The summed E-state index contributed by atoms with van der Waals surface area (Å²) in [5, 5.41) is 13.9. The van der Waals surface area contributed by atoms with E-state index in [2.05, 4.69) is 67.8 Å². The van der Waals surface area contributed by atoms with E-state index < -0.39 is 26.6 Å². The van der Waals surface area contributed by atoms with Gasteiger partial charge in [0.1, 0.15) is 13.2 Å². The molecule has 0 aromatic heterocycles. The van der Waals surface area contributed by atoms with Crippen LogP contribution in [0.2, 0.25) is 0 Å². The minimum Gasteiger partial charge on any atom is -0.756 e. The van der Waals surface area contributed by atoms with Gasteiger partial charge in [-0.2, -0.15) is 0 Å². The number of hydrogen-bond donors (Lipinski definition) is 2. The summed E-state index contributed by atoms with van der Waals surface area (Å²) in [5.74, 6) is -0.205. The number of phosphoric ester groups is 1. The Morgan fingerprint density at radius 1 is 0.417 bits per heavy atom. The summed E-state index contributed by atoms with van der Waals surface area (Å²) in [7, 11) is 1.25. The number of carbonyl (C=O) groups excluding carboxylic acids is 1. The average molecular weight is 1200 g/mol. The van der Waals surface area contributed by atoms with Crippen molar-refractivity contribution in [3.8, 4) is 0 Å². The number of quaternary nitrogens is 1. The van der Waals surface area contributed by atoms with Crippen molar-refractivity contribution in [1.82, 2.24) is 5.32 Å². The molecule has 0 aromatic rings. The van der Waals surface area contributed by atoms with Crippen molar-refractivity contribution in [2.45, 2.75) is 373 Å². The molecule has 3 unspecified atom stereocenters. The molecule has 0 saturated heterocycles. The fourth-order valence-corrected chi connectivity index (χ4v) is 11.7. The largest absolute Gasteiger partial charge is 0.756 e. The second-order valence-electron chi connectivity index (χ2n) is 26.3. The molecular formula is C75H143N2O6P. The summed E-state index contributed by atoms with van der Waals surface area (Å²) in [4.78, 5) is 25.6. The molecule has 494 valence electrons. The lowest BCUT2D eigenvalue weighted by Gasteiger charge is -2.29. The van der Waals surface area contributed by atoms with Gasteiger partial charge in [-0.3, -0.25) is 9.36 Å². The maximum absolute atomic E-state index is 13.0. The van der Waals surface area contributed by atoms with E-state index in [1.54, 1.807) is 6.08 Å². The molecule has 0 heterocycles. The molecule has 0 aliphatic heterocycles. The molecule has 0 fully saturated rings. The van der Waals surface area contributed by atoms with Crippen LogP contribution in [-0.4, -0.2) is 68.5 Å². The van der Waals surface area contributed by atoms with Crippen molar-refractivity contribution in [2.75, 3.05) is 40.9 Å². The third-order valence-corrected chi connectivity index (χ3v) is 17.6. The van der Waals surface area contributed by atoms with E-state index in [0.717, 1.165) is 51.4 Å². The SMILES string of the molecule is CCCCCCC/C=C\C/C=C\CCCCCCCCCCCCCCCCCCCCCCCCCCCC(=O)NC(COP(=O)([O-])OCC[N+](C)(C)C)C(O)/C=C/CC/C=C/CC/C=C/CCCCCCCCCCCCCCCCC. The third-order valence-electron chi connectivity index (χ3n) is 16.7. The van der Waals surface area contributed by atoms with Crippen molar-refractivity contribution < 1.29 is 32.9 Å². The Morgan fingerprint density at radius 3 is 1.04 bits per heavy atom. The summed E-state index contributed by atoms with van der Waals surface area (Å²) < 4.78 is 23.4. The molecule has 0 saturated carbocycles. The fraction of sp³-hybridized carbons (Fsp3) is 0.853. The van der Waals surface area contributed by atoms with E-state index in [4.69, 9.17) is 9.05 Å². The molecular weight excluding hydrogens is 1060 g/mol. The molecule has 8 nitrogen and oxygen atoms in total. The smallest absolute Gasteiger partial charge is 0.268 e. The van der Waals surface area contributed by atoms with Gasteiger partial charge in [0, 0.05) is 6.42 Å². The van der Waals surface area contributed by atoms with Crippen LogP contribution in [0.1, 0.15) is 361 Å². The number of phosphoric acid groups is 1. The molecule has 84 heavy (non-hydrogen) atoms. The van der Waals surface area contributed by atoms with Crippen LogP contribution in [0.15, 0.2) is 60.8 Å². The van der Waals surface area contributed by atoms with Crippen LogP contribution in [-0.2, 0) is 18.4 Å². The van der Waals surface area contributed by atoms with Gasteiger partial charge in [-0.05, 0) is 77.0 Å². The number of nitrogens with one attached hydrogen (secondary N) is 1. The Labute approximate surface area is 523 Å². The van der Waals surface area contributed by atoms with Gasteiger partial charge < -0.3 is 28.8 Å². The van der Waals surface area contributed by atoms with E-state index in [0.29, 0.717) is 17.4 Å². The highest BCUT2D eigenvalue weighted by molar-refractivity contribution is 7.45. The summed E-state index contributed by atoms with van der Waals surface area (Å²) >= 11 is 0. The van der Waals surface area contributed by atoms with E-state index in [1.807, 2.05) is 27.2 Å². The molecule has 9 heteroatoms. The Bertz CT molecular complexity index is 1550. The van der Waals surface area contributed by atoms with Crippen LogP contribution in [0.4, 0.5) is 0 Å². The van der Waals surface area contributed by atoms with E-state index in [-0.39, 0.29) is 12.5 Å². The average Bonchev–Trinajstić information content (AvgIpc) is 3.56. The number of nitrogens with zero attached hydrogens (tertiary/aromatic N) is 1. The van der Waals surface area contributed by atoms with Crippen LogP contribution in [0.25, 0.3) is 0 Å². The first-order valence-electron chi connectivity index (χ1n) is 36.7. The molecule has 0 spiro atoms. The molecule has 3 atom stereocenters. The number of allylic oxidation sites excluding steroid dienone is 9. The van der Waals surface area contributed by atoms with Gasteiger partial charge in [0.15, 0.2) is 0 Å². The number of rotatable bonds is 68. The summed E-state index contributed by atoms with van der Waals surface area (Å²) in [6, 6.07) is -0.912. The number of aliphatic hydroxyl groups is 1. The summed E-state index contributed by atoms with van der Waals surface area (Å²) in [6.45, 7) is 4.66. The minimum absolute atomic E-state index is 0.00844. The van der Waals surface area contributed by atoms with Crippen LogP contribution in [0, 0.1) is 0 Å². The highest BCUT2D eigenvalue weighted by Crippen LogP contribution is 2.38. The Hall–Kier alpha value is -1.80. The molecule has 0 rings (SSSR count). The molecule has 0 aliphatic carbocycles. The van der Waals surface area contributed by atoms with E-state index in [1.165, 1.54) is 289 Å². The van der Waals surface area contributed by atoms with Crippen LogP contribution in [0.3, 0.4) is 0 Å². The first-order chi connectivity index (χ1) is 41.0. The fourth-order valence-electron chi connectivity index (χ4n) is 11.0. The predicted molar refractivity (Wildman–Crippen MR) is 367 cm³/mol. The Kier molecular flexibility index (Phi) is 64.2. The van der Waals surface area contributed by atoms with Gasteiger partial charge in [0.25, 0.3) is 7.82 Å². The molecule has 2 N–H and O–H groups in total. The number of carbonyl (C=O) groups is 1. The predicted octanol–water partition coefficient (Wildman–Crippen LogP) is 22.9. The zero-order valence-electron chi connectivity index (χ0n) is 56.6. The molecule has 0 radical (unpaired) electrons. The maximum Gasteiger partial charge on any atom is 0.268 e. The first kappa shape index (κ1) is 82.2. The zero-order valence-corrected chi connectivity index (χ0v) is 57.5. The zero-order chi connectivity index (χ0) is 61.2. The molecule has 1 amide bonds. The monoisotopic (exact) mass is 1200 g/mol. The van der Waals surface area contributed by atoms with E-state index >= 15 is 0 Å². The van der Waals surface area contributed by atoms with Crippen molar-refractivity contribution in [2.24, 2.45) is 0 Å². The van der Waals surface area contributed by atoms with Crippen molar-refractivity contribution in [1.29, 1.82) is 0 Å². The lowest BCUT2D eigenvalue weighted by molar-refractivity contribution is -0.870. The number of likely N-dealkylation sites (N-methyl/N-ethyl adjacent to an activating group) is 1. The van der Waals surface area contributed by atoms with Gasteiger partial charge in [0.2, 0.25) is 5.91 Å². The van der Waals surface area contributed by atoms with Crippen molar-refractivity contribution in [3.05, 3.63) is 60.8 Å². The number of amides is 1. The summed E-state index contributed by atoms with van der Waals surface area (Å²) in [5.41, 5.74) is 0. The van der Waals surface area contributed by atoms with Crippen molar-refractivity contribution in [3.63, 3.8) is 0 Å². The molecule has 0 aliphatic rings. The van der Waals surface area contributed by atoms with Crippen LogP contribution >= 0.6 is 7.82 Å². The number of aliphatic hydroxyl groups excluding tert-OH is 1. The third kappa shape index (κ3) is 67.7. The van der Waals surface area contributed by atoms with Gasteiger partial charge in [-0.25, -0.2) is 0 Å². The lowest BCUT2D eigenvalue weighted by Crippen LogP contribution is -2.45. The molecule has 0 aromatic carbocycles. The Morgan fingerprint density at radius 2 is 0.702 bits per heavy atom. The normalized spacial score (nSPS) is 13.9. The van der Waals surface area contributed by atoms with Crippen LogP contribution in [0.5, 0.6) is 0 Å². The minimum atomic E-state index is -4.62. The van der Waals surface area contributed by atoms with Crippen molar-refractivity contribution >= 4 is 13.7 Å². The second-order valence-corrected chi connectivity index (χ2v) is 27.7. The van der Waals surface area contributed by atoms with Gasteiger partial charge >= 0.3 is 0 Å². The lowest BCUT2D eigenvalue weighted by atomic mass is 10.0. The topological polar surface area (TPSA) is 108 Å². The number of hydrogen-bond acceptors (Lipinski definition) is 6. The second kappa shape index (κ2) is 65.6. The van der Waals surface area contributed by atoms with Gasteiger partial charge in [-0.15, -0.1) is 0 Å². The quantitative estimate of drug-likeness (QED) is 0.0272. The number of unbranched alkanes of at least 4 members (excludes halogenated alkanes) is 47. The van der Waals surface area contributed by atoms with Crippen LogP contribution < -0.4 is 10.2 Å². The maximum atomic E-state index is 13.0.